The van der Waals surface area contributed by atoms with Crippen LogP contribution in [0.25, 0.3) is 5.69 Å². The summed E-state index contributed by atoms with van der Waals surface area (Å²) >= 11 is 15.7. The normalized spacial score (nSPS) is 11.3. The number of nitrogens with one attached hydrogen (secondary N) is 1. The first kappa shape index (κ1) is 14.8. The van der Waals surface area contributed by atoms with E-state index in [0.717, 1.165) is 10.2 Å². The van der Waals surface area contributed by atoms with Gasteiger partial charge in [0.25, 0.3) is 0 Å². The Hall–Kier alpha value is -0.620. The van der Waals surface area contributed by atoms with Crippen molar-refractivity contribution in [1.82, 2.24) is 20.3 Å². The highest BCUT2D eigenvalue weighted by atomic mass is 79.9. The predicted octanol–water partition coefficient (Wildman–Crippen LogP) is 3.83. The number of halogens is 3. The molecule has 1 heterocycles. The molecule has 0 unspecified atom stereocenters. The fourth-order valence-electron chi connectivity index (χ4n) is 1.55. The van der Waals surface area contributed by atoms with Crippen molar-refractivity contribution in [3.63, 3.8) is 0 Å². The highest BCUT2D eigenvalue weighted by Crippen LogP contribution is 2.31. The Balaban J connectivity index is 2.28. The Morgan fingerprint density at radius 1 is 1.32 bits per heavy atom. The second-order valence-corrected chi connectivity index (χ2v) is 6.14. The summed E-state index contributed by atoms with van der Waals surface area (Å²) < 4.78 is 2.42. The molecule has 4 nitrogen and oxygen atoms in total. The molecule has 102 valence electrons. The zero-order chi connectivity index (χ0) is 14.0. The van der Waals surface area contributed by atoms with Gasteiger partial charge in [-0.15, -0.1) is 5.10 Å². The molecule has 7 heteroatoms. The van der Waals surface area contributed by atoms with Crippen LogP contribution < -0.4 is 5.32 Å². The van der Waals surface area contributed by atoms with Gasteiger partial charge in [-0.1, -0.05) is 58.2 Å². The van der Waals surface area contributed by atoms with E-state index in [1.807, 2.05) is 6.20 Å². The van der Waals surface area contributed by atoms with Crippen LogP contribution in [-0.4, -0.2) is 21.0 Å². The number of rotatable bonds is 4. The number of hydrogen-bond donors (Lipinski definition) is 1. The molecule has 0 spiro atoms. The summed E-state index contributed by atoms with van der Waals surface area (Å²) in [5.74, 6) is 0. The highest BCUT2D eigenvalue weighted by molar-refractivity contribution is 9.10. The van der Waals surface area contributed by atoms with Gasteiger partial charge in [-0.3, -0.25) is 0 Å². The smallest absolute Gasteiger partial charge is 0.104 e. The van der Waals surface area contributed by atoms with Gasteiger partial charge in [0, 0.05) is 17.1 Å². The van der Waals surface area contributed by atoms with Crippen LogP contribution >= 0.6 is 39.1 Å². The lowest BCUT2D eigenvalue weighted by Gasteiger charge is -2.07. The van der Waals surface area contributed by atoms with E-state index in [-0.39, 0.29) is 0 Å². The van der Waals surface area contributed by atoms with Gasteiger partial charge in [0.2, 0.25) is 0 Å². The van der Waals surface area contributed by atoms with Crippen LogP contribution in [0.3, 0.4) is 0 Å². The van der Waals surface area contributed by atoms with Crippen LogP contribution in [0.2, 0.25) is 10.0 Å². The molecule has 0 bridgehead atoms. The fraction of sp³-hybridized carbons (Fsp3) is 0.333. The fourth-order valence-corrected chi connectivity index (χ4v) is 2.93. The van der Waals surface area contributed by atoms with Gasteiger partial charge in [0.1, 0.15) is 5.69 Å². The predicted molar refractivity (Wildman–Crippen MR) is 81.1 cm³/mol. The van der Waals surface area contributed by atoms with Crippen LogP contribution in [-0.2, 0) is 6.54 Å². The molecule has 0 amide bonds. The minimum atomic E-state index is 0.394. The van der Waals surface area contributed by atoms with Gasteiger partial charge in [-0.25, -0.2) is 4.68 Å². The lowest BCUT2D eigenvalue weighted by atomic mass is 10.3. The molecule has 0 saturated carbocycles. The first-order valence-corrected chi connectivity index (χ1v) is 7.32. The van der Waals surface area contributed by atoms with Crippen molar-refractivity contribution in [3.8, 4) is 5.69 Å². The molecule has 0 saturated heterocycles. The van der Waals surface area contributed by atoms with Gasteiger partial charge < -0.3 is 5.32 Å². The van der Waals surface area contributed by atoms with E-state index >= 15 is 0 Å². The monoisotopic (exact) mass is 362 g/mol. The highest BCUT2D eigenvalue weighted by Gasteiger charge is 2.12. The van der Waals surface area contributed by atoms with Crippen molar-refractivity contribution in [2.75, 3.05) is 0 Å². The molecule has 0 aliphatic carbocycles. The van der Waals surface area contributed by atoms with E-state index in [9.17, 15) is 0 Å². The number of aromatic nitrogens is 3. The minimum Gasteiger partial charge on any atom is -0.309 e. The lowest BCUT2D eigenvalue weighted by molar-refractivity contribution is 0.580. The molecule has 1 N–H and O–H groups in total. The zero-order valence-electron chi connectivity index (χ0n) is 10.5. The van der Waals surface area contributed by atoms with Crippen LogP contribution in [0.15, 0.2) is 22.8 Å². The molecule has 2 rings (SSSR count). The summed E-state index contributed by atoms with van der Waals surface area (Å²) in [6, 6.07) is 3.94. The van der Waals surface area contributed by atoms with E-state index in [1.165, 1.54) is 0 Å². The summed E-state index contributed by atoms with van der Waals surface area (Å²) in [4.78, 5) is 0. The van der Waals surface area contributed by atoms with E-state index < -0.39 is 0 Å². The van der Waals surface area contributed by atoms with E-state index in [1.54, 1.807) is 16.8 Å². The third kappa shape index (κ3) is 3.69. The third-order valence-electron chi connectivity index (χ3n) is 2.44. The van der Waals surface area contributed by atoms with Gasteiger partial charge in [0.15, 0.2) is 0 Å². The Morgan fingerprint density at radius 2 is 1.95 bits per heavy atom. The molecule has 1 aromatic carbocycles. The zero-order valence-corrected chi connectivity index (χ0v) is 13.6. The molecule has 0 aliphatic heterocycles. The summed E-state index contributed by atoms with van der Waals surface area (Å²) in [5, 5.41) is 12.5. The number of hydrogen-bond acceptors (Lipinski definition) is 3. The van der Waals surface area contributed by atoms with Crippen LogP contribution in [0.4, 0.5) is 0 Å². The van der Waals surface area contributed by atoms with E-state index in [0.29, 0.717) is 28.3 Å². The van der Waals surface area contributed by atoms with Crippen molar-refractivity contribution in [2.24, 2.45) is 0 Å². The van der Waals surface area contributed by atoms with Crippen molar-refractivity contribution in [2.45, 2.75) is 26.4 Å². The Kier molecular flexibility index (Phi) is 4.84. The van der Waals surface area contributed by atoms with Crippen molar-refractivity contribution in [1.29, 1.82) is 0 Å². The maximum Gasteiger partial charge on any atom is 0.104 e. The maximum atomic E-state index is 6.19. The van der Waals surface area contributed by atoms with Crippen LogP contribution in [0.1, 0.15) is 19.5 Å². The molecule has 19 heavy (non-hydrogen) atoms. The summed E-state index contributed by atoms with van der Waals surface area (Å²) in [5.41, 5.74) is 1.47. The molecule has 2 aromatic rings. The maximum absolute atomic E-state index is 6.19. The summed E-state index contributed by atoms with van der Waals surface area (Å²) in [6.45, 7) is 4.81. The Bertz CT molecular complexity index is 560. The van der Waals surface area contributed by atoms with Crippen molar-refractivity contribution < 1.29 is 0 Å². The topological polar surface area (TPSA) is 42.7 Å². The van der Waals surface area contributed by atoms with Crippen LogP contribution in [0.5, 0.6) is 0 Å². The Labute approximate surface area is 130 Å². The van der Waals surface area contributed by atoms with Gasteiger partial charge in [-0.2, -0.15) is 0 Å². The molecule has 0 radical (unpaired) electrons. The lowest BCUT2D eigenvalue weighted by Crippen LogP contribution is -2.21. The second-order valence-electron chi connectivity index (χ2n) is 4.41. The van der Waals surface area contributed by atoms with Crippen LogP contribution in [0, 0.1) is 0 Å². The van der Waals surface area contributed by atoms with Crippen molar-refractivity contribution >= 4 is 39.1 Å². The third-order valence-corrected chi connectivity index (χ3v) is 3.48. The largest absolute Gasteiger partial charge is 0.309 e. The number of benzene rings is 1. The minimum absolute atomic E-state index is 0.394. The molecule has 1 aromatic heterocycles. The molecular weight excluding hydrogens is 351 g/mol. The first-order chi connectivity index (χ1) is 8.97. The molecular formula is C12H13BrCl2N4. The summed E-state index contributed by atoms with van der Waals surface area (Å²) in [7, 11) is 0. The van der Waals surface area contributed by atoms with E-state index in [2.05, 4.69) is 45.4 Å². The van der Waals surface area contributed by atoms with Crippen molar-refractivity contribution in [3.05, 3.63) is 38.5 Å². The van der Waals surface area contributed by atoms with Gasteiger partial charge in [0.05, 0.1) is 21.9 Å². The SMILES string of the molecule is CC(C)NCc1cn(-c2c(Cl)cc(Br)cc2Cl)nn1. The van der Waals surface area contributed by atoms with Gasteiger partial charge >= 0.3 is 0 Å². The van der Waals surface area contributed by atoms with E-state index in [4.69, 9.17) is 23.2 Å². The average Bonchev–Trinajstić information content (AvgIpc) is 2.73. The Morgan fingerprint density at radius 3 is 2.53 bits per heavy atom. The second kappa shape index (κ2) is 6.22. The summed E-state index contributed by atoms with van der Waals surface area (Å²) in [6.07, 6.45) is 1.82. The molecule has 0 aliphatic rings. The quantitative estimate of drug-likeness (QED) is 0.897. The molecule has 0 fully saturated rings. The average molecular weight is 364 g/mol. The number of nitrogens with zero attached hydrogens (tertiary/aromatic N) is 3. The van der Waals surface area contributed by atoms with Gasteiger partial charge in [-0.05, 0) is 12.1 Å². The standard InChI is InChI=1S/C12H13BrCl2N4/c1-7(2)16-5-9-6-19(18-17-9)12-10(14)3-8(13)4-11(12)15/h3-4,6-7,16H,5H2,1-2H3. The first-order valence-electron chi connectivity index (χ1n) is 5.77. The molecule has 0 atom stereocenters.